The number of aryl methyl sites for hydroxylation is 1. The lowest BCUT2D eigenvalue weighted by molar-refractivity contribution is 0.0698. The molecular weight excluding hydrogens is 290 g/mol. The first-order valence-corrected chi connectivity index (χ1v) is 8.32. The molecule has 1 N–H and O–H groups in total. The molecule has 1 aromatic heterocycles. The molecule has 0 atom stereocenters. The zero-order chi connectivity index (χ0) is 15.8. The van der Waals surface area contributed by atoms with Crippen LogP contribution in [0.3, 0.4) is 0 Å². The number of para-hydroxylation sites is 1. The van der Waals surface area contributed by atoms with Gasteiger partial charge in [-0.25, -0.2) is 13.2 Å². The van der Waals surface area contributed by atoms with E-state index in [0.29, 0.717) is 5.52 Å². The number of carboxylic acid groups (broad SMARTS) is 1. The molecule has 0 saturated heterocycles. The van der Waals surface area contributed by atoms with Crippen molar-refractivity contribution in [2.75, 3.05) is 5.75 Å². The predicted molar refractivity (Wildman–Crippen MR) is 82.4 cm³/mol. The number of nitrogens with zero attached hydrogens (tertiary/aromatic N) is 1. The normalized spacial score (nSPS) is 12.7. The van der Waals surface area contributed by atoms with Crippen LogP contribution in [0.15, 0.2) is 30.5 Å². The van der Waals surface area contributed by atoms with Gasteiger partial charge in [0.25, 0.3) is 0 Å². The number of benzene rings is 1. The SMILES string of the molecule is CC(C)(C)S(=O)(=O)CCn1ccc2cccc(C(=O)O)c21. The molecule has 6 heteroatoms. The van der Waals surface area contributed by atoms with Gasteiger partial charge >= 0.3 is 5.97 Å². The number of sulfone groups is 1. The van der Waals surface area contributed by atoms with E-state index >= 15 is 0 Å². The first kappa shape index (κ1) is 15.6. The van der Waals surface area contributed by atoms with Crippen molar-refractivity contribution >= 4 is 26.7 Å². The van der Waals surface area contributed by atoms with Crippen molar-refractivity contribution in [3.63, 3.8) is 0 Å². The number of hydrogen-bond acceptors (Lipinski definition) is 3. The van der Waals surface area contributed by atoms with Gasteiger partial charge in [0.15, 0.2) is 9.84 Å². The summed E-state index contributed by atoms with van der Waals surface area (Å²) in [5.74, 6) is -1.03. The summed E-state index contributed by atoms with van der Waals surface area (Å²) in [5.41, 5.74) is 0.750. The Labute approximate surface area is 124 Å². The number of rotatable bonds is 4. The van der Waals surface area contributed by atoms with Crippen LogP contribution >= 0.6 is 0 Å². The Hall–Kier alpha value is -1.82. The van der Waals surface area contributed by atoms with Crippen LogP contribution in [-0.4, -0.2) is 34.6 Å². The van der Waals surface area contributed by atoms with Gasteiger partial charge < -0.3 is 9.67 Å². The van der Waals surface area contributed by atoms with Gasteiger partial charge in [-0.05, 0) is 32.9 Å². The van der Waals surface area contributed by atoms with Crippen LogP contribution in [0.5, 0.6) is 0 Å². The smallest absolute Gasteiger partial charge is 0.337 e. The molecule has 0 radical (unpaired) electrons. The second-order valence-corrected chi connectivity index (χ2v) is 8.85. The van der Waals surface area contributed by atoms with Gasteiger partial charge in [-0.1, -0.05) is 12.1 Å². The Balaban J connectivity index is 2.39. The minimum absolute atomic E-state index is 0.0196. The summed E-state index contributed by atoms with van der Waals surface area (Å²) in [7, 11) is -3.24. The van der Waals surface area contributed by atoms with Crippen molar-refractivity contribution in [2.45, 2.75) is 32.1 Å². The summed E-state index contributed by atoms with van der Waals surface area (Å²) in [6.07, 6.45) is 1.73. The number of carboxylic acids is 1. The third-order valence-electron chi connectivity index (χ3n) is 3.55. The molecule has 1 aromatic carbocycles. The summed E-state index contributed by atoms with van der Waals surface area (Å²) in [5, 5.41) is 10.0. The highest BCUT2D eigenvalue weighted by molar-refractivity contribution is 7.92. The van der Waals surface area contributed by atoms with E-state index in [1.165, 1.54) is 6.07 Å². The number of aromatic nitrogens is 1. The largest absolute Gasteiger partial charge is 0.478 e. The van der Waals surface area contributed by atoms with Crippen molar-refractivity contribution in [3.8, 4) is 0 Å². The molecule has 114 valence electrons. The van der Waals surface area contributed by atoms with Gasteiger partial charge in [-0.2, -0.15) is 0 Å². The minimum Gasteiger partial charge on any atom is -0.478 e. The van der Waals surface area contributed by atoms with Crippen LogP contribution in [0.2, 0.25) is 0 Å². The van der Waals surface area contributed by atoms with E-state index in [1.807, 2.05) is 6.07 Å². The van der Waals surface area contributed by atoms with Crippen molar-refractivity contribution in [1.29, 1.82) is 0 Å². The molecule has 0 fully saturated rings. The summed E-state index contributed by atoms with van der Waals surface area (Å²) in [6.45, 7) is 5.24. The van der Waals surface area contributed by atoms with E-state index in [4.69, 9.17) is 0 Å². The molecular formula is C15H19NO4S. The van der Waals surface area contributed by atoms with E-state index in [1.54, 1.807) is 43.7 Å². The number of fused-ring (bicyclic) bond motifs is 1. The zero-order valence-corrected chi connectivity index (χ0v) is 13.1. The van der Waals surface area contributed by atoms with Gasteiger partial charge in [0.2, 0.25) is 0 Å². The molecule has 0 saturated carbocycles. The summed E-state index contributed by atoms with van der Waals surface area (Å²) in [6, 6.07) is 6.82. The lowest BCUT2D eigenvalue weighted by atomic mass is 10.1. The van der Waals surface area contributed by atoms with Crippen molar-refractivity contribution in [2.24, 2.45) is 0 Å². The second-order valence-electron chi connectivity index (χ2n) is 5.99. The standard InChI is InChI=1S/C15H19NO4S/c1-15(2,3)21(19,20)10-9-16-8-7-11-5-4-6-12(13(11)16)14(17)18/h4-8H,9-10H2,1-3H3,(H,17,18). The maximum Gasteiger partial charge on any atom is 0.337 e. The Kier molecular flexibility index (Phi) is 3.84. The topological polar surface area (TPSA) is 76.4 Å². The Morgan fingerprint density at radius 3 is 2.48 bits per heavy atom. The highest BCUT2D eigenvalue weighted by atomic mass is 32.2. The molecule has 21 heavy (non-hydrogen) atoms. The Morgan fingerprint density at radius 1 is 1.24 bits per heavy atom. The van der Waals surface area contributed by atoms with Crippen LogP contribution < -0.4 is 0 Å². The van der Waals surface area contributed by atoms with E-state index in [9.17, 15) is 18.3 Å². The maximum absolute atomic E-state index is 12.2. The summed E-state index contributed by atoms with van der Waals surface area (Å²) < 4.78 is 25.2. The third-order valence-corrected chi connectivity index (χ3v) is 6.14. The molecule has 0 bridgehead atoms. The average Bonchev–Trinajstić information content (AvgIpc) is 2.78. The number of carbonyl (C=O) groups is 1. The third kappa shape index (κ3) is 2.95. The summed E-state index contributed by atoms with van der Waals surface area (Å²) in [4.78, 5) is 11.3. The molecule has 2 rings (SSSR count). The molecule has 0 amide bonds. The lowest BCUT2D eigenvalue weighted by Gasteiger charge is -2.19. The molecule has 0 unspecified atom stereocenters. The van der Waals surface area contributed by atoms with E-state index in [2.05, 4.69) is 0 Å². The fraction of sp³-hybridized carbons (Fsp3) is 0.400. The van der Waals surface area contributed by atoms with Crippen molar-refractivity contribution in [1.82, 2.24) is 4.57 Å². The molecule has 1 heterocycles. The van der Waals surface area contributed by atoms with Crippen LogP contribution in [0.25, 0.3) is 10.9 Å². The van der Waals surface area contributed by atoms with Crippen molar-refractivity contribution < 1.29 is 18.3 Å². The minimum atomic E-state index is -3.24. The summed E-state index contributed by atoms with van der Waals surface area (Å²) >= 11 is 0. The van der Waals surface area contributed by atoms with Gasteiger partial charge in [0.05, 0.1) is 21.6 Å². The van der Waals surface area contributed by atoms with E-state index < -0.39 is 20.6 Å². The first-order chi connectivity index (χ1) is 9.63. The van der Waals surface area contributed by atoms with Crippen LogP contribution in [0.1, 0.15) is 31.1 Å². The predicted octanol–water partition coefficient (Wildman–Crippen LogP) is 2.55. The zero-order valence-electron chi connectivity index (χ0n) is 12.3. The van der Waals surface area contributed by atoms with Crippen LogP contribution in [0, 0.1) is 0 Å². The monoisotopic (exact) mass is 309 g/mol. The van der Waals surface area contributed by atoms with Crippen LogP contribution in [-0.2, 0) is 16.4 Å². The fourth-order valence-corrected chi connectivity index (χ4v) is 3.19. The van der Waals surface area contributed by atoms with Crippen molar-refractivity contribution in [3.05, 3.63) is 36.0 Å². The van der Waals surface area contributed by atoms with E-state index in [-0.39, 0.29) is 17.9 Å². The Morgan fingerprint density at radius 2 is 1.90 bits per heavy atom. The maximum atomic E-state index is 12.2. The second kappa shape index (κ2) is 5.18. The quantitative estimate of drug-likeness (QED) is 0.941. The molecule has 2 aromatic rings. The van der Waals surface area contributed by atoms with Gasteiger partial charge in [0, 0.05) is 18.1 Å². The first-order valence-electron chi connectivity index (χ1n) is 6.67. The van der Waals surface area contributed by atoms with Gasteiger partial charge in [-0.3, -0.25) is 0 Å². The molecule has 0 aliphatic carbocycles. The molecule has 0 aliphatic heterocycles. The van der Waals surface area contributed by atoms with E-state index in [0.717, 1.165) is 5.39 Å². The number of hydrogen-bond donors (Lipinski definition) is 1. The van der Waals surface area contributed by atoms with Gasteiger partial charge in [-0.15, -0.1) is 0 Å². The highest BCUT2D eigenvalue weighted by Gasteiger charge is 2.28. The van der Waals surface area contributed by atoms with Crippen LogP contribution in [0.4, 0.5) is 0 Å². The lowest BCUT2D eigenvalue weighted by Crippen LogP contribution is -2.31. The molecule has 5 nitrogen and oxygen atoms in total. The Bertz CT molecular complexity index is 782. The average molecular weight is 309 g/mol. The molecule has 0 aliphatic rings. The highest BCUT2D eigenvalue weighted by Crippen LogP contribution is 2.22. The molecule has 0 spiro atoms. The van der Waals surface area contributed by atoms with Gasteiger partial charge in [0.1, 0.15) is 0 Å². The fourth-order valence-electron chi connectivity index (χ4n) is 2.14. The number of aromatic carboxylic acids is 1.